The normalized spacial score (nSPS) is 12.4. The van der Waals surface area contributed by atoms with Crippen LogP contribution in [-0.4, -0.2) is 18.4 Å². The van der Waals surface area contributed by atoms with Gasteiger partial charge in [0, 0.05) is 0 Å². The zero-order valence-corrected chi connectivity index (χ0v) is 19.6. The summed E-state index contributed by atoms with van der Waals surface area (Å²) in [7, 11) is 0. The van der Waals surface area contributed by atoms with Crippen molar-refractivity contribution in [3.8, 4) is 0 Å². The van der Waals surface area contributed by atoms with Crippen molar-refractivity contribution < 1.29 is 0 Å². The molecule has 0 nitrogen and oxygen atoms in total. The molecule has 0 aliphatic heterocycles. The third-order valence-electron chi connectivity index (χ3n) is 6.42. The van der Waals surface area contributed by atoms with Gasteiger partial charge in [-0.15, -0.1) is 0 Å². The van der Waals surface area contributed by atoms with Crippen molar-refractivity contribution >= 4 is 54.3 Å². The molecule has 0 aliphatic rings. The van der Waals surface area contributed by atoms with Crippen molar-refractivity contribution in [3.05, 3.63) is 90.5 Å². The van der Waals surface area contributed by atoms with Crippen LogP contribution < -0.4 is 3.58 Å². The van der Waals surface area contributed by atoms with Crippen molar-refractivity contribution in [2.45, 2.75) is 27.2 Å². The van der Waals surface area contributed by atoms with Crippen molar-refractivity contribution in [3.63, 3.8) is 0 Å². The maximum atomic E-state index is 2.58. The topological polar surface area (TPSA) is 0 Å². The Labute approximate surface area is 171 Å². The van der Waals surface area contributed by atoms with E-state index in [0.717, 1.165) is 0 Å². The van der Waals surface area contributed by atoms with Crippen LogP contribution in [-0.2, 0) is 6.42 Å². The molecule has 138 valence electrons. The minimum atomic E-state index is -2.17. The zero-order chi connectivity index (χ0) is 19.1. The molecule has 0 aliphatic carbocycles. The Kier molecular flexibility index (Phi) is 4.55. The molecule has 0 fully saturated rings. The molecule has 0 spiro atoms. The van der Waals surface area contributed by atoms with E-state index < -0.39 is 18.4 Å². The Morgan fingerprint density at radius 1 is 0.607 bits per heavy atom. The molecule has 0 amide bonds. The number of hydrogen-bond donors (Lipinski definition) is 0. The fourth-order valence-corrected chi connectivity index (χ4v) is 11.7. The van der Waals surface area contributed by atoms with Gasteiger partial charge in [-0.1, -0.05) is 0 Å². The summed E-state index contributed by atoms with van der Waals surface area (Å²) in [5.74, 6) is 0. The number of aryl methyl sites for hydroxylation is 1. The molecule has 0 saturated heterocycles. The van der Waals surface area contributed by atoms with Gasteiger partial charge < -0.3 is 0 Å². The molecule has 0 radical (unpaired) electrons. The van der Waals surface area contributed by atoms with Gasteiger partial charge in [0.05, 0.1) is 0 Å². The first-order valence-corrected chi connectivity index (χ1v) is 19.5. The van der Waals surface area contributed by atoms with Crippen molar-refractivity contribution in [1.82, 2.24) is 0 Å². The predicted octanol–water partition coefficient (Wildman–Crippen LogP) is 7.13. The molecule has 1 heteroatoms. The van der Waals surface area contributed by atoms with Crippen LogP contribution in [0.5, 0.6) is 0 Å². The summed E-state index contributed by atoms with van der Waals surface area (Å²) in [6, 6.07) is 31.8. The fourth-order valence-electron chi connectivity index (χ4n) is 4.77. The number of hydrogen-bond acceptors (Lipinski definition) is 0. The quantitative estimate of drug-likeness (QED) is 0.190. The van der Waals surface area contributed by atoms with Gasteiger partial charge in [-0.2, -0.15) is 0 Å². The second-order valence-corrected chi connectivity index (χ2v) is 22.5. The molecule has 0 aromatic heterocycles. The summed E-state index contributed by atoms with van der Waals surface area (Å²) in [4.78, 5) is 5.16. The van der Waals surface area contributed by atoms with E-state index in [1.165, 1.54) is 55.2 Å². The second kappa shape index (κ2) is 7.08. The van der Waals surface area contributed by atoms with Gasteiger partial charge in [0.2, 0.25) is 0 Å². The van der Waals surface area contributed by atoms with E-state index in [1.807, 2.05) is 0 Å². The summed E-state index contributed by atoms with van der Waals surface area (Å²) in [6.45, 7) is 0. The molecular weight excluding hydrogens is 443 g/mol. The van der Waals surface area contributed by atoms with Crippen LogP contribution in [0, 0.1) is 0 Å². The van der Waals surface area contributed by atoms with E-state index in [1.54, 1.807) is 3.58 Å². The van der Waals surface area contributed by atoms with Crippen molar-refractivity contribution in [2.24, 2.45) is 0 Å². The van der Waals surface area contributed by atoms with Gasteiger partial charge in [0.1, 0.15) is 0 Å². The molecule has 0 atom stereocenters. The molecular formula is C27H26Sn. The van der Waals surface area contributed by atoms with Crippen LogP contribution in [0.25, 0.3) is 32.3 Å². The third-order valence-corrected chi connectivity index (χ3v) is 16.4. The molecule has 0 heterocycles. The van der Waals surface area contributed by atoms with Crippen LogP contribution in [0.4, 0.5) is 0 Å². The van der Waals surface area contributed by atoms with Gasteiger partial charge in [-0.05, 0) is 0 Å². The average Bonchev–Trinajstić information content (AvgIpc) is 2.73. The summed E-state index contributed by atoms with van der Waals surface area (Å²) in [5, 5.41) is 8.42. The van der Waals surface area contributed by atoms with Crippen molar-refractivity contribution in [2.75, 3.05) is 0 Å². The van der Waals surface area contributed by atoms with E-state index >= 15 is 0 Å². The summed E-state index contributed by atoms with van der Waals surface area (Å²) >= 11 is -2.17. The summed E-state index contributed by atoms with van der Waals surface area (Å²) in [6.07, 6.45) is 2.48. The van der Waals surface area contributed by atoms with Crippen LogP contribution in [0.15, 0.2) is 84.9 Å². The Bertz CT molecular complexity index is 1240. The SMILES string of the molecule is [CH3][Sn]([CH3])([CH2]CCc1ccc2ccc3cccc4ccc1c2c34)[c]1ccccc1. The predicted molar refractivity (Wildman–Crippen MR) is 127 cm³/mol. The first kappa shape index (κ1) is 18.0. The van der Waals surface area contributed by atoms with E-state index in [4.69, 9.17) is 0 Å². The molecule has 0 saturated carbocycles. The van der Waals surface area contributed by atoms with Crippen LogP contribution in [0.2, 0.25) is 14.3 Å². The summed E-state index contributed by atoms with van der Waals surface area (Å²) in [5.41, 5.74) is 1.51. The molecule has 5 aromatic carbocycles. The van der Waals surface area contributed by atoms with Gasteiger partial charge >= 0.3 is 172 Å². The van der Waals surface area contributed by atoms with E-state index in [9.17, 15) is 0 Å². The van der Waals surface area contributed by atoms with E-state index in [-0.39, 0.29) is 0 Å². The Hall–Kier alpha value is -2.06. The fraction of sp³-hybridized carbons (Fsp3) is 0.185. The van der Waals surface area contributed by atoms with Gasteiger partial charge in [0.25, 0.3) is 0 Å². The molecule has 5 rings (SSSR count). The van der Waals surface area contributed by atoms with Crippen LogP contribution >= 0.6 is 0 Å². The molecule has 5 aromatic rings. The average molecular weight is 469 g/mol. The zero-order valence-electron chi connectivity index (χ0n) is 16.7. The Balaban J connectivity index is 1.48. The first-order chi connectivity index (χ1) is 13.6. The monoisotopic (exact) mass is 470 g/mol. The maximum absolute atomic E-state index is 2.58. The van der Waals surface area contributed by atoms with Crippen LogP contribution in [0.1, 0.15) is 12.0 Å². The minimum absolute atomic E-state index is 1.18. The van der Waals surface area contributed by atoms with Gasteiger partial charge in [-0.3, -0.25) is 0 Å². The second-order valence-electron chi connectivity index (χ2n) is 8.68. The Morgan fingerprint density at radius 2 is 1.25 bits per heavy atom. The Morgan fingerprint density at radius 3 is 2.00 bits per heavy atom. The van der Waals surface area contributed by atoms with Crippen molar-refractivity contribution in [1.29, 1.82) is 0 Å². The van der Waals surface area contributed by atoms with E-state index in [0.29, 0.717) is 0 Å². The first-order valence-electron chi connectivity index (χ1n) is 10.3. The standard InChI is InChI=1S/C19H15.C6H5.2CH3.Sn/c1-2-4-13-7-8-16-10-9-14-5-3-6-15-11-12-17(13)19(16)18(14)15;1-2-4-6-5-3-1;;;/h3,5-12H,1-2,4H2;1-5H;2*1H3;. The molecule has 28 heavy (non-hydrogen) atoms. The van der Waals surface area contributed by atoms with Crippen LogP contribution in [0.3, 0.4) is 0 Å². The number of rotatable bonds is 5. The molecule has 0 bridgehead atoms. The third kappa shape index (κ3) is 3.08. The summed E-state index contributed by atoms with van der Waals surface area (Å²) < 4.78 is 3.05. The number of benzene rings is 5. The molecule has 0 unspecified atom stereocenters. The van der Waals surface area contributed by atoms with E-state index in [2.05, 4.69) is 94.8 Å². The molecule has 0 N–H and O–H groups in total. The van der Waals surface area contributed by atoms with Gasteiger partial charge in [-0.25, -0.2) is 0 Å². The van der Waals surface area contributed by atoms with Gasteiger partial charge in [0.15, 0.2) is 0 Å².